The molecule has 4 fully saturated rings. The molecule has 82 valence electrons. The van der Waals surface area contributed by atoms with Gasteiger partial charge in [-0.2, -0.15) is 0 Å². The molecule has 14 heavy (non-hydrogen) atoms. The standard InChI is InChI=1S/C12H21N.ClH/c1-10-3-9-4-11(2,6-10)8-12(13,5-9)7-10;/h9H,3-8,13H2,1-2H3;1H/t9?,10-,11-,12?;/m0./s1. The zero-order valence-corrected chi connectivity index (χ0v) is 10.1. The van der Waals surface area contributed by atoms with Crippen molar-refractivity contribution in [1.82, 2.24) is 0 Å². The van der Waals surface area contributed by atoms with E-state index in [0.717, 1.165) is 5.92 Å². The van der Waals surface area contributed by atoms with Crippen LogP contribution in [0.2, 0.25) is 0 Å². The molecule has 4 saturated carbocycles. The summed E-state index contributed by atoms with van der Waals surface area (Å²) >= 11 is 0. The normalized spacial score (nSPS) is 59.8. The second-order valence-electron chi connectivity index (χ2n) is 6.99. The molecule has 0 aromatic heterocycles. The first-order valence-corrected chi connectivity index (χ1v) is 5.70. The van der Waals surface area contributed by atoms with Crippen LogP contribution >= 0.6 is 12.4 Å². The van der Waals surface area contributed by atoms with Gasteiger partial charge >= 0.3 is 0 Å². The molecule has 0 heterocycles. The van der Waals surface area contributed by atoms with Gasteiger partial charge in [0.2, 0.25) is 0 Å². The van der Waals surface area contributed by atoms with Crippen molar-refractivity contribution in [2.45, 2.75) is 57.9 Å². The van der Waals surface area contributed by atoms with Crippen LogP contribution in [0.3, 0.4) is 0 Å². The first-order chi connectivity index (χ1) is 5.91. The molecule has 0 spiro atoms. The van der Waals surface area contributed by atoms with E-state index >= 15 is 0 Å². The lowest BCUT2D eigenvalue weighted by molar-refractivity contribution is -0.104. The molecule has 4 rings (SSSR count). The molecule has 0 aromatic rings. The van der Waals surface area contributed by atoms with Crippen molar-refractivity contribution < 1.29 is 0 Å². The van der Waals surface area contributed by atoms with Gasteiger partial charge in [-0.05, 0) is 55.3 Å². The molecule has 4 aliphatic carbocycles. The summed E-state index contributed by atoms with van der Waals surface area (Å²) in [5, 5.41) is 0. The number of rotatable bonds is 0. The van der Waals surface area contributed by atoms with Crippen molar-refractivity contribution in [1.29, 1.82) is 0 Å². The second-order valence-corrected chi connectivity index (χ2v) is 6.99. The molecule has 0 amide bonds. The maximum absolute atomic E-state index is 6.49. The SMILES string of the molecule is C[C@@]12CC3CC(N)(C1)C[C@@](C)(C3)C2.Cl. The fourth-order valence-corrected chi connectivity index (χ4v) is 5.54. The van der Waals surface area contributed by atoms with Gasteiger partial charge in [-0.25, -0.2) is 0 Å². The summed E-state index contributed by atoms with van der Waals surface area (Å²) in [6.45, 7) is 4.94. The summed E-state index contributed by atoms with van der Waals surface area (Å²) in [5.74, 6) is 0.955. The molecular weight excluding hydrogens is 194 g/mol. The Balaban J connectivity index is 0.000000750. The predicted molar refractivity (Wildman–Crippen MR) is 61.6 cm³/mol. The number of hydrogen-bond acceptors (Lipinski definition) is 1. The van der Waals surface area contributed by atoms with E-state index in [-0.39, 0.29) is 17.9 Å². The first-order valence-electron chi connectivity index (χ1n) is 5.70. The molecule has 0 radical (unpaired) electrons. The maximum atomic E-state index is 6.49. The Bertz CT molecular complexity index is 212. The van der Waals surface area contributed by atoms with Crippen LogP contribution in [0.4, 0.5) is 0 Å². The lowest BCUT2D eigenvalue weighted by atomic mass is 9.43. The second kappa shape index (κ2) is 2.68. The third-order valence-electron chi connectivity index (χ3n) is 4.67. The van der Waals surface area contributed by atoms with Crippen molar-refractivity contribution >= 4 is 12.4 Å². The van der Waals surface area contributed by atoms with Crippen LogP contribution in [0, 0.1) is 16.7 Å². The highest BCUT2D eigenvalue weighted by Crippen LogP contribution is 2.65. The zero-order chi connectivity index (χ0) is 9.32. The van der Waals surface area contributed by atoms with Crippen molar-refractivity contribution in [3.63, 3.8) is 0 Å². The summed E-state index contributed by atoms with van der Waals surface area (Å²) in [6, 6.07) is 0. The van der Waals surface area contributed by atoms with E-state index in [1.165, 1.54) is 38.5 Å². The fourth-order valence-electron chi connectivity index (χ4n) is 5.54. The van der Waals surface area contributed by atoms with Crippen molar-refractivity contribution in [3.8, 4) is 0 Å². The van der Waals surface area contributed by atoms with E-state index in [1.54, 1.807) is 0 Å². The van der Waals surface area contributed by atoms with Crippen molar-refractivity contribution in [2.75, 3.05) is 0 Å². The molecule has 0 aromatic carbocycles. The summed E-state index contributed by atoms with van der Waals surface area (Å²) < 4.78 is 0. The number of halogens is 1. The fraction of sp³-hybridized carbons (Fsp3) is 1.00. The lowest BCUT2D eigenvalue weighted by Crippen LogP contribution is -2.62. The number of nitrogens with two attached hydrogens (primary N) is 1. The Kier molecular flexibility index (Phi) is 2.06. The van der Waals surface area contributed by atoms with E-state index in [4.69, 9.17) is 5.73 Å². The summed E-state index contributed by atoms with van der Waals surface area (Å²) in [7, 11) is 0. The van der Waals surface area contributed by atoms with Gasteiger partial charge in [-0.3, -0.25) is 0 Å². The van der Waals surface area contributed by atoms with E-state index in [9.17, 15) is 0 Å². The van der Waals surface area contributed by atoms with Crippen LogP contribution in [0.15, 0.2) is 0 Å². The van der Waals surface area contributed by atoms with Gasteiger partial charge < -0.3 is 5.73 Å². The van der Waals surface area contributed by atoms with Gasteiger partial charge in [0.05, 0.1) is 0 Å². The smallest absolute Gasteiger partial charge is 0.0167 e. The first kappa shape index (κ1) is 10.8. The van der Waals surface area contributed by atoms with Gasteiger partial charge in [0.1, 0.15) is 0 Å². The van der Waals surface area contributed by atoms with Gasteiger partial charge in [0, 0.05) is 5.54 Å². The van der Waals surface area contributed by atoms with Crippen molar-refractivity contribution in [3.05, 3.63) is 0 Å². The minimum atomic E-state index is 0. The molecule has 4 bridgehead atoms. The average molecular weight is 216 g/mol. The lowest BCUT2D eigenvalue weighted by Gasteiger charge is -2.64. The highest BCUT2D eigenvalue weighted by Gasteiger charge is 2.58. The third-order valence-corrected chi connectivity index (χ3v) is 4.67. The Hall–Kier alpha value is 0.250. The third kappa shape index (κ3) is 1.40. The van der Waals surface area contributed by atoms with Crippen LogP contribution < -0.4 is 5.73 Å². The molecule has 0 unspecified atom stereocenters. The Morgan fingerprint density at radius 3 is 1.79 bits per heavy atom. The van der Waals surface area contributed by atoms with Crippen LogP contribution in [0.1, 0.15) is 52.4 Å². The molecule has 2 heteroatoms. The molecular formula is C12H22ClN. The molecule has 2 N–H and O–H groups in total. The van der Waals surface area contributed by atoms with Crippen LogP contribution in [-0.4, -0.2) is 5.54 Å². The Morgan fingerprint density at radius 1 is 0.929 bits per heavy atom. The largest absolute Gasteiger partial charge is 0.325 e. The number of hydrogen-bond donors (Lipinski definition) is 1. The Morgan fingerprint density at radius 2 is 1.43 bits per heavy atom. The zero-order valence-electron chi connectivity index (χ0n) is 9.31. The van der Waals surface area contributed by atoms with Crippen LogP contribution in [0.25, 0.3) is 0 Å². The van der Waals surface area contributed by atoms with E-state index < -0.39 is 0 Å². The monoisotopic (exact) mass is 215 g/mol. The van der Waals surface area contributed by atoms with Gasteiger partial charge in [-0.1, -0.05) is 13.8 Å². The highest BCUT2D eigenvalue weighted by molar-refractivity contribution is 5.85. The van der Waals surface area contributed by atoms with Crippen LogP contribution in [0.5, 0.6) is 0 Å². The topological polar surface area (TPSA) is 26.0 Å². The summed E-state index contributed by atoms with van der Waals surface area (Å²) in [6.07, 6.45) is 8.27. The van der Waals surface area contributed by atoms with Gasteiger partial charge in [0.15, 0.2) is 0 Å². The Labute approximate surface area is 93.2 Å². The molecule has 2 atom stereocenters. The minimum absolute atomic E-state index is 0. The quantitative estimate of drug-likeness (QED) is 0.660. The van der Waals surface area contributed by atoms with E-state index in [1.807, 2.05) is 0 Å². The molecule has 0 saturated heterocycles. The maximum Gasteiger partial charge on any atom is 0.0167 e. The predicted octanol–water partition coefficient (Wildman–Crippen LogP) is 3.12. The highest BCUT2D eigenvalue weighted by atomic mass is 35.5. The minimum Gasteiger partial charge on any atom is -0.325 e. The van der Waals surface area contributed by atoms with Gasteiger partial charge in [-0.15, -0.1) is 12.4 Å². The molecule has 0 aliphatic heterocycles. The average Bonchev–Trinajstić information content (AvgIpc) is 1.71. The summed E-state index contributed by atoms with van der Waals surface area (Å²) in [5.41, 5.74) is 7.92. The van der Waals surface area contributed by atoms with Gasteiger partial charge in [0.25, 0.3) is 0 Å². The van der Waals surface area contributed by atoms with E-state index in [0.29, 0.717) is 10.8 Å². The summed E-state index contributed by atoms with van der Waals surface area (Å²) in [4.78, 5) is 0. The van der Waals surface area contributed by atoms with Crippen LogP contribution in [-0.2, 0) is 0 Å². The van der Waals surface area contributed by atoms with E-state index in [2.05, 4.69) is 13.8 Å². The molecule has 4 aliphatic rings. The van der Waals surface area contributed by atoms with Crippen molar-refractivity contribution in [2.24, 2.45) is 22.5 Å². The molecule has 1 nitrogen and oxygen atoms in total.